The summed E-state index contributed by atoms with van der Waals surface area (Å²) in [6.45, 7) is 5.67. The summed E-state index contributed by atoms with van der Waals surface area (Å²) < 4.78 is 27.0. The molecule has 0 aromatic heterocycles. The first-order valence-corrected chi connectivity index (χ1v) is 13.7. The van der Waals surface area contributed by atoms with E-state index in [0.717, 1.165) is 14.1 Å². The summed E-state index contributed by atoms with van der Waals surface area (Å²) in [6.07, 6.45) is 1.05. The smallest absolute Gasteiger partial charge is 0.244 e. The van der Waals surface area contributed by atoms with E-state index in [-0.39, 0.29) is 18.4 Å². The number of nitrogens with zero attached hydrogens (tertiary/aromatic N) is 2. The van der Waals surface area contributed by atoms with Crippen molar-refractivity contribution in [1.82, 2.24) is 10.2 Å². The number of hydrogen-bond acceptors (Lipinski definition) is 4. The third-order valence-electron chi connectivity index (χ3n) is 4.94. The molecule has 2 rings (SSSR count). The van der Waals surface area contributed by atoms with Crippen molar-refractivity contribution in [3.63, 3.8) is 0 Å². The monoisotopic (exact) mass is 605 g/mol. The van der Waals surface area contributed by atoms with Crippen LogP contribution in [-0.4, -0.2) is 50.5 Å². The van der Waals surface area contributed by atoms with Crippen molar-refractivity contribution in [2.75, 3.05) is 23.7 Å². The molecule has 2 aromatic carbocycles. The SMILES string of the molecule is CC(C)CNC(=O)[C@H](C)N(Cc1ccccc1Cl)C(=O)CN(c1ccc(I)cc1)S(C)(=O)=O. The summed E-state index contributed by atoms with van der Waals surface area (Å²) in [7, 11) is -3.75. The second kappa shape index (κ2) is 12.0. The van der Waals surface area contributed by atoms with Gasteiger partial charge in [0.2, 0.25) is 21.8 Å². The van der Waals surface area contributed by atoms with Crippen molar-refractivity contribution in [3.05, 3.63) is 62.7 Å². The van der Waals surface area contributed by atoms with Crippen LogP contribution in [-0.2, 0) is 26.2 Å². The molecular weight excluding hydrogens is 577 g/mol. The number of nitrogens with one attached hydrogen (secondary N) is 1. The zero-order chi connectivity index (χ0) is 24.8. The van der Waals surface area contributed by atoms with Crippen molar-refractivity contribution in [3.8, 4) is 0 Å². The van der Waals surface area contributed by atoms with E-state index in [9.17, 15) is 18.0 Å². The van der Waals surface area contributed by atoms with Crippen LogP contribution in [0.5, 0.6) is 0 Å². The average Bonchev–Trinajstić information content (AvgIpc) is 2.74. The van der Waals surface area contributed by atoms with Gasteiger partial charge in [0.15, 0.2) is 0 Å². The largest absolute Gasteiger partial charge is 0.354 e. The topological polar surface area (TPSA) is 86.8 Å². The lowest BCUT2D eigenvalue weighted by Gasteiger charge is -2.31. The van der Waals surface area contributed by atoms with Gasteiger partial charge in [-0.05, 0) is 71.3 Å². The molecular formula is C23H29ClIN3O4S. The number of rotatable bonds is 10. The first kappa shape index (κ1) is 27.4. The van der Waals surface area contributed by atoms with Crippen LogP contribution < -0.4 is 9.62 Å². The van der Waals surface area contributed by atoms with Gasteiger partial charge in [-0.3, -0.25) is 13.9 Å². The minimum absolute atomic E-state index is 0.0685. The minimum Gasteiger partial charge on any atom is -0.354 e. The first-order valence-electron chi connectivity index (χ1n) is 10.4. The molecule has 0 saturated heterocycles. The van der Waals surface area contributed by atoms with Gasteiger partial charge in [0.05, 0.1) is 11.9 Å². The predicted octanol–water partition coefficient (Wildman–Crippen LogP) is 3.90. The molecule has 1 N–H and O–H groups in total. The van der Waals surface area contributed by atoms with Crippen LogP contribution in [0.25, 0.3) is 0 Å². The molecule has 180 valence electrons. The number of sulfonamides is 1. The van der Waals surface area contributed by atoms with E-state index < -0.39 is 28.5 Å². The van der Waals surface area contributed by atoms with E-state index in [2.05, 4.69) is 27.9 Å². The number of anilines is 1. The Morgan fingerprint density at radius 1 is 1.06 bits per heavy atom. The second-order valence-corrected chi connectivity index (χ2v) is 11.7. The van der Waals surface area contributed by atoms with Crippen molar-refractivity contribution in [1.29, 1.82) is 0 Å². The van der Waals surface area contributed by atoms with Crippen molar-refractivity contribution < 1.29 is 18.0 Å². The first-order chi connectivity index (χ1) is 15.4. The fourth-order valence-electron chi connectivity index (χ4n) is 3.07. The molecule has 0 heterocycles. The van der Waals surface area contributed by atoms with Gasteiger partial charge in [0.1, 0.15) is 12.6 Å². The fraction of sp³-hybridized carbons (Fsp3) is 0.391. The second-order valence-electron chi connectivity index (χ2n) is 8.17. The molecule has 0 unspecified atom stereocenters. The summed E-state index contributed by atoms with van der Waals surface area (Å²) in [5.74, 6) is -0.578. The molecule has 0 spiro atoms. The molecule has 2 aromatic rings. The number of benzene rings is 2. The number of halogens is 2. The van der Waals surface area contributed by atoms with Gasteiger partial charge in [-0.1, -0.05) is 43.6 Å². The van der Waals surface area contributed by atoms with Gasteiger partial charge in [-0.25, -0.2) is 8.42 Å². The highest BCUT2D eigenvalue weighted by Gasteiger charge is 2.30. The van der Waals surface area contributed by atoms with Gasteiger partial charge in [-0.2, -0.15) is 0 Å². The van der Waals surface area contributed by atoms with E-state index in [1.807, 2.05) is 13.8 Å². The van der Waals surface area contributed by atoms with Crippen LogP contribution in [0.3, 0.4) is 0 Å². The Morgan fingerprint density at radius 2 is 1.67 bits per heavy atom. The van der Waals surface area contributed by atoms with Crippen LogP contribution >= 0.6 is 34.2 Å². The van der Waals surface area contributed by atoms with Crippen LogP contribution in [0.15, 0.2) is 48.5 Å². The van der Waals surface area contributed by atoms with Gasteiger partial charge in [-0.15, -0.1) is 0 Å². The molecule has 0 saturated carbocycles. The normalized spacial score (nSPS) is 12.3. The number of hydrogen-bond donors (Lipinski definition) is 1. The van der Waals surface area contributed by atoms with E-state index in [4.69, 9.17) is 11.6 Å². The van der Waals surface area contributed by atoms with Gasteiger partial charge >= 0.3 is 0 Å². The summed E-state index contributed by atoms with van der Waals surface area (Å²) in [4.78, 5) is 27.6. The molecule has 1 atom stereocenters. The lowest BCUT2D eigenvalue weighted by atomic mass is 10.1. The third kappa shape index (κ3) is 8.15. The Labute approximate surface area is 214 Å². The van der Waals surface area contributed by atoms with Gasteiger partial charge < -0.3 is 10.2 Å². The third-order valence-corrected chi connectivity index (χ3v) is 7.17. The van der Waals surface area contributed by atoms with E-state index in [1.165, 1.54) is 4.90 Å². The Kier molecular flexibility index (Phi) is 9.99. The summed E-state index contributed by atoms with van der Waals surface area (Å²) in [5.41, 5.74) is 1.04. The summed E-state index contributed by atoms with van der Waals surface area (Å²) in [6, 6.07) is 13.0. The van der Waals surface area contributed by atoms with Crippen LogP contribution in [0.1, 0.15) is 26.3 Å². The molecule has 0 bridgehead atoms. The highest BCUT2D eigenvalue weighted by molar-refractivity contribution is 14.1. The lowest BCUT2D eigenvalue weighted by Crippen LogP contribution is -2.51. The van der Waals surface area contributed by atoms with Crippen LogP contribution in [0.2, 0.25) is 5.02 Å². The van der Waals surface area contributed by atoms with Gasteiger partial charge in [0.25, 0.3) is 0 Å². The van der Waals surface area contributed by atoms with E-state index in [0.29, 0.717) is 22.8 Å². The maximum atomic E-state index is 13.4. The molecule has 0 aliphatic carbocycles. The predicted molar refractivity (Wildman–Crippen MR) is 141 cm³/mol. The maximum Gasteiger partial charge on any atom is 0.244 e. The zero-order valence-corrected chi connectivity index (χ0v) is 22.8. The Morgan fingerprint density at radius 3 is 2.21 bits per heavy atom. The van der Waals surface area contributed by atoms with Gasteiger partial charge in [0, 0.05) is 21.7 Å². The van der Waals surface area contributed by atoms with Crippen molar-refractivity contribution in [2.24, 2.45) is 5.92 Å². The number of amides is 2. The molecule has 0 aliphatic rings. The molecule has 0 aliphatic heterocycles. The molecule has 10 heteroatoms. The number of carbonyl (C=O) groups excluding carboxylic acids is 2. The van der Waals surface area contributed by atoms with Crippen LogP contribution in [0, 0.1) is 9.49 Å². The quantitative estimate of drug-likeness (QED) is 0.417. The average molecular weight is 606 g/mol. The van der Waals surface area contributed by atoms with E-state index in [1.54, 1.807) is 55.5 Å². The molecule has 2 amide bonds. The van der Waals surface area contributed by atoms with E-state index >= 15 is 0 Å². The lowest BCUT2D eigenvalue weighted by molar-refractivity contribution is -0.139. The highest BCUT2D eigenvalue weighted by Crippen LogP contribution is 2.22. The molecule has 0 radical (unpaired) electrons. The maximum absolute atomic E-state index is 13.4. The van der Waals surface area contributed by atoms with Crippen molar-refractivity contribution >= 4 is 61.7 Å². The Hall–Kier alpha value is -1.85. The summed E-state index contributed by atoms with van der Waals surface area (Å²) >= 11 is 8.42. The molecule has 0 fully saturated rings. The number of carbonyl (C=O) groups is 2. The molecule has 33 heavy (non-hydrogen) atoms. The highest BCUT2D eigenvalue weighted by atomic mass is 127. The Balaban J connectivity index is 2.36. The minimum atomic E-state index is -3.75. The Bertz CT molecular complexity index is 1080. The standard InChI is InChI=1S/C23H29ClIN3O4S/c1-16(2)13-26-23(30)17(3)27(14-18-7-5-6-8-21(18)24)22(29)15-28(33(4,31)32)20-11-9-19(25)10-12-20/h5-12,16-17H,13-15H2,1-4H3,(H,26,30)/t17-/m0/s1. The zero-order valence-electron chi connectivity index (χ0n) is 19.1. The van der Waals surface area contributed by atoms with Crippen LogP contribution in [0.4, 0.5) is 5.69 Å². The van der Waals surface area contributed by atoms with Crippen molar-refractivity contribution in [2.45, 2.75) is 33.4 Å². The molecule has 7 nitrogen and oxygen atoms in total. The fourth-order valence-corrected chi connectivity index (χ4v) is 4.47. The summed E-state index contributed by atoms with van der Waals surface area (Å²) in [5, 5.41) is 3.30.